The van der Waals surface area contributed by atoms with Crippen LogP contribution in [0.25, 0.3) is 0 Å². The third kappa shape index (κ3) is 2.63. The van der Waals surface area contributed by atoms with E-state index in [0.29, 0.717) is 0 Å². The summed E-state index contributed by atoms with van der Waals surface area (Å²) in [5.74, 6) is 0. The maximum Gasteiger partial charge on any atom is 0.309 e. The average molecular weight is 591 g/mol. The normalized spacial score (nSPS) is 10.2. The largest absolute Gasteiger partial charge is 0.309 e. The average Bonchev–Trinajstić information content (AvgIpc) is 2.14. The van der Waals surface area contributed by atoms with Crippen LogP contribution in [0.4, 0.5) is 17.1 Å². The molecular formula is C6I3N3O6. The molecule has 0 spiro atoms. The van der Waals surface area contributed by atoms with E-state index in [-0.39, 0.29) is 10.7 Å². The number of nitro groups is 3. The maximum atomic E-state index is 10.9. The van der Waals surface area contributed by atoms with Crippen molar-refractivity contribution in [2.45, 2.75) is 0 Å². The number of hydrogen-bond acceptors (Lipinski definition) is 6. The zero-order valence-electron chi connectivity index (χ0n) is 7.93. The molecular weight excluding hydrogens is 591 g/mol. The van der Waals surface area contributed by atoms with Gasteiger partial charge in [0.05, 0.1) is 14.8 Å². The lowest BCUT2D eigenvalue weighted by Gasteiger charge is -2.04. The van der Waals surface area contributed by atoms with Crippen molar-refractivity contribution in [3.63, 3.8) is 0 Å². The summed E-state index contributed by atoms with van der Waals surface area (Å²) in [5, 5.41) is 32.6. The van der Waals surface area contributed by atoms with E-state index in [1.165, 1.54) is 67.8 Å². The highest BCUT2D eigenvalue weighted by Crippen LogP contribution is 2.44. The molecule has 1 aromatic rings. The standard InChI is InChI=1S/C6I3N3O6/c7-1-4(10(13)14)2(8)6(12(17)18)3(9)5(1)11(15)16. The van der Waals surface area contributed by atoms with E-state index in [4.69, 9.17) is 0 Å². The van der Waals surface area contributed by atoms with E-state index >= 15 is 0 Å². The molecule has 1 rings (SSSR count). The minimum atomic E-state index is -0.861. The highest BCUT2D eigenvalue weighted by molar-refractivity contribution is 14.1. The molecule has 0 aliphatic rings. The Balaban J connectivity index is 3.94. The molecule has 0 saturated carbocycles. The van der Waals surface area contributed by atoms with E-state index < -0.39 is 31.8 Å². The number of halogens is 3. The highest BCUT2D eigenvalue weighted by atomic mass is 127. The van der Waals surface area contributed by atoms with Gasteiger partial charge in [-0.15, -0.1) is 0 Å². The first-order valence-corrected chi connectivity index (χ1v) is 7.07. The molecule has 0 fully saturated rings. The van der Waals surface area contributed by atoms with Crippen molar-refractivity contribution in [2.75, 3.05) is 0 Å². The Bertz CT molecular complexity index is 486. The van der Waals surface area contributed by atoms with Gasteiger partial charge in [0.2, 0.25) is 0 Å². The van der Waals surface area contributed by atoms with Crippen molar-refractivity contribution in [2.24, 2.45) is 0 Å². The predicted molar refractivity (Wildman–Crippen MR) is 84.6 cm³/mol. The Hall–Kier alpha value is -0.390. The van der Waals surface area contributed by atoms with Crippen LogP contribution in [0, 0.1) is 41.1 Å². The molecule has 0 amide bonds. The molecule has 9 nitrogen and oxygen atoms in total. The summed E-state index contributed by atoms with van der Waals surface area (Å²) >= 11 is 4.34. The van der Waals surface area contributed by atoms with E-state index in [0.717, 1.165) is 0 Å². The molecule has 0 radical (unpaired) electrons. The second-order valence-electron chi connectivity index (χ2n) is 2.76. The Morgan fingerprint density at radius 2 is 0.778 bits per heavy atom. The van der Waals surface area contributed by atoms with Gasteiger partial charge in [0.25, 0.3) is 0 Å². The third-order valence-corrected chi connectivity index (χ3v) is 4.86. The molecule has 0 unspecified atom stereocenters. The molecule has 0 saturated heterocycles. The Labute approximate surface area is 139 Å². The Morgan fingerprint density at radius 1 is 0.611 bits per heavy atom. The number of rotatable bonds is 3. The molecule has 0 N–H and O–H groups in total. The summed E-state index contributed by atoms with van der Waals surface area (Å²) in [6.45, 7) is 0. The van der Waals surface area contributed by atoms with Crippen LogP contribution in [-0.4, -0.2) is 14.8 Å². The fourth-order valence-corrected chi connectivity index (χ4v) is 5.45. The van der Waals surface area contributed by atoms with Gasteiger partial charge in [0.1, 0.15) is 0 Å². The molecule has 0 aliphatic heterocycles. The number of hydrogen-bond donors (Lipinski definition) is 0. The van der Waals surface area contributed by atoms with Crippen LogP contribution in [-0.2, 0) is 0 Å². The lowest BCUT2D eigenvalue weighted by Crippen LogP contribution is -2.07. The molecule has 12 heteroatoms. The molecule has 0 aliphatic carbocycles. The lowest BCUT2D eigenvalue weighted by atomic mass is 10.2. The van der Waals surface area contributed by atoms with E-state index in [2.05, 4.69) is 0 Å². The van der Waals surface area contributed by atoms with Gasteiger partial charge in [0, 0.05) is 0 Å². The van der Waals surface area contributed by atoms with E-state index in [9.17, 15) is 30.3 Å². The van der Waals surface area contributed by atoms with Crippen molar-refractivity contribution in [1.29, 1.82) is 0 Å². The van der Waals surface area contributed by atoms with Crippen LogP contribution in [0.1, 0.15) is 0 Å². The van der Waals surface area contributed by atoms with Gasteiger partial charge in [-0.1, -0.05) is 0 Å². The second kappa shape index (κ2) is 5.72. The fraction of sp³-hybridized carbons (Fsp3) is 0. The smallest absolute Gasteiger partial charge is 0.258 e. The summed E-state index contributed by atoms with van der Waals surface area (Å²) in [6.07, 6.45) is 0. The first-order chi connectivity index (χ1) is 8.20. The van der Waals surface area contributed by atoms with Crippen LogP contribution >= 0.6 is 67.8 Å². The SMILES string of the molecule is O=[N+]([O-])c1c(I)c([N+](=O)[O-])c(I)c([N+](=O)[O-])c1I. The van der Waals surface area contributed by atoms with Crippen molar-refractivity contribution in [3.8, 4) is 0 Å². The molecule has 0 aromatic heterocycles. The number of nitrogens with zero attached hydrogens (tertiary/aromatic N) is 3. The number of nitro benzene ring substituents is 3. The summed E-state index contributed by atoms with van der Waals surface area (Å²) in [7, 11) is 0. The minimum Gasteiger partial charge on any atom is -0.258 e. The molecule has 18 heavy (non-hydrogen) atoms. The topological polar surface area (TPSA) is 129 Å². The molecule has 0 atom stereocenters. The van der Waals surface area contributed by atoms with Gasteiger partial charge in [-0.3, -0.25) is 30.3 Å². The van der Waals surface area contributed by atoms with Crippen LogP contribution in [0.2, 0.25) is 0 Å². The van der Waals surface area contributed by atoms with Crippen molar-refractivity contribution in [1.82, 2.24) is 0 Å². The van der Waals surface area contributed by atoms with Crippen molar-refractivity contribution in [3.05, 3.63) is 41.1 Å². The quantitative estimate of drug-likeness (QED) is 0.302. The second-order valence-corrected chi connectivity index (χ2v) is 6.00. The zero-order chi connectivity index (χ0) is 14.2. The van der Waals surface area contributed by atoms with Crippen molar-refractivity contribution < 1.29 is 14.8 Å². The van der Waals surface area contributed by atoms with Crippen LogP contribution in [0.5, 0.6) is 0 Å². The van der Waals surface area contributed by atoms with Crippen LogP contribution in [0.15, 0.2) is 0 Å². The fourth-order valence-electron chi connectivity index (χ4n) is 1.11. The lowest BCUT2D eigenvalue weighted by molar-refractivity contribution is -0.407. The third-order valence-electron chi connectivity index (χ3n) is 1.80. The van der Waals surface area contributed by atoms with Crippen molar-refractivity contribution >= 4 is 84.8 Å². The summed E-state index contributed by atoms with van der Waals surface area (Å²) in [6, 6.07) is 0. The van der Waals surface area contributed by atoms with Gasteiger partial charge in [0.15, 0.2) is 10.7 Å². The molecule has 96 valence electrons. The van der Waals surface area contributed by atoms with Gasteiger partial charge < -0.3 is 0 Å². The van der Waals surface area contributed by atoms with Crippen LogP contribution < -0.4 is 0 Å². The van der Waals surface area contributed by atoms with E-state index in [1.54, 1.807) is 0 Å². The van der Waals surface area contributed by atoms with Gasteiger partial charge in [-0.25, -0.2) is 0 Å². The van der Waals surface area contributed by atoms with Crippen LogP contribution in [0.3, 0.4) is 0 Å². The van der Waals surface area contributed by atoms with E-state index in [1.807, 2.05) is 0 Å². The first-order valence-electron chi connectivity index (χ1n) is 3.83. The first kappa shape index (κ1) is 15.7. The molecule has 1 aromatic carbocycles. The Morgan fingerprint density at radius 3 is 0.889 bits per heavy atom. The number of benzene rings is 1. The maximum absolute atomic E-state index is 10.9. The van der Waals surface area contributed by atoms with Gasteiger partial charge >= 0.3 is 17.1 Å². The van der Waals surface area contributed by atoms with Gasteiger partial charge in [-0.2, -0.15) is 0 Å². The summed E-state index contributed by atoms with van der Waals surface area (Å²) < 4.78 is -0.661. The summed E-state index contributed by atoms with van der Waals surface area (Å²) in [5.41, 5.74) is -1.85. The highest BCUT2D eigenvalue weighted by Gasteiger charge is 2.38. The predicted octanol–water partition coefficient (Wildman–Crippen LogP) is 3.23. The van der Waals surface area contributed by atoms with Gasteiger partial charge in [-0.05, 0) is 67.8 Å². The monoisotopic (exact) mass is 591 g/mol. The summed E-state index contributed by atoms with van der Waals surface area (Å²) in [4.78, 5) is 30.0. The zero-order valence-corrected chi connectivity index (χ0v) is 14.4. The Kier molecular flexibility index (Phi) is 4.98. The molecule has 0 bridgehead atoms. The molecule has 0 heterocycles. The minimum absolute atomic E-state index is 0.220.